The maximum absolute atomic E-state index is 5.03. The van der Waals surface area contributed by atoms with Gasteiger partial charge < -0.3 is 0 Å². The Bertz CT molecular complexity index is 3360. The molecule has 0 fully saturated rings. The van der Waals surface area contributed by atoms with E-state index in [0.29, 0.717) is 0 Å². The van der Waals surface area contributed by atoms with E-state index in [1.807, 2.05) is 6.08 Å². The molecular weight excluding hydrogens is 667 g/mol. The van der Waals surface area contributed by atoms with Gasteiger partial charge in [0.2, 0.25) is 0 Å². The molecule has 1 unspecified atom stereocenters. The largest absolute Gasteiger partial charge is 0.250 e. The molecule has 2 aliphatic rings. The molecule has 0 N–H and O–H groups in total. The normalized spacial score (nSPS) is 15.2. The first-order chi connectivity index (χ1) is 27.3. The lowest BCUT2D eigenvalue weighted by Crippen LogP contribution is -2.12. The third-order valence-corrected chi connectivity index (χ3v) is 11.7. The van der Waals surface area contributed by atoms with Crippen LogP contribution >= 0.6 is 0 Å². The molecule has 0 bridgehead atoms. The topological polar surface area (TPSA) is 37.1 Å². The van der Waals surface area contributed by atoms with Crippen LogP contribution in [0.4, 0.5) is 0 Å². The highest BCUT2D eigenvalue weighted by atomic mass is 15.1. The van der Waals surface area contributed by atoms with Crippen LogP contribution in [0, 0.1) is 0 Å². The number of allylic oxidation sites excluding steroid dienone is 1. The van der Waals surface area contributed by atoms with Crippen molar-refractivity contribution in [3.05, 3.63) is 182 Å². The third kappa shape index (κ3) is 4.47. The lowest BCUT2D eigenvalue weighted by Gasteiger charge is -2.17. The van der Waals surface area contributed by atoms with Crippen molar-refractivity contribution in [2.45, 2.75) is 6.04 Å². The minimum atomic E-state index is -0.131. The van der Waals surface area contributed by atoms with E-state index in [0.717, 1.165) is 28.0 Å². The average Bonchev–Trinajstić information content (AvgIpc) is 3.68. The van der Waals surface area contributed by atoms with E-state index in [2.05, 4.69) is 175 Å². The number of fused-ring (bicyclic) bond motifs is 8. The molecule has 3 heteroatoms. The summed E-state index contributed by atoms with van der Waals surface area (Å²) in [4.78, 5) is 14.5. The van der Waals surface area contributed by atoms with Crippen molar-refractivity contribution >= 4 is 93.3 Å². The molecule has 10 aromatic carbocycles. The van der Waals surface area contributed by atoms with Gasteiger partial charge in [-0.3, -0.25) is 4.99 Å². The molecular formula is C52H31N3. The van der Waals surface area contributed by atoms with E-state index in [9.17, 15) is 0 Å². The fourth-order valence-corrected chi connectivity index (χ4v) is 9.28. The predicted octanol–water partition coefficient (Wildman–Crippen LogP) is 13.3. The predicted molar refractivity (Wildman–Crippen MR) is 235 cm³/mol. The molecule has 2 aliphatic heterocycles. The van der Waals surface area contributed by atoms with Crippen LogP contribution in [-0.2, 0) is 0 Å². The standard InChI is InChI=1S/C52H31N3/c1-3-14-38-36(12-1)37-13-2-4-15-39(37)45-30-35(29-34-27-26-32-11-9-20-40(38)48(32)49(34)45)31-22-24-33(25-23-31)47-41-16-5-7-18-43(41)50(44-19-8-6-17-42(44)47)52-54-46-21-10-28-53-51(46)55-52/h1-30,46H. The summed E-state index contributed by atoms with van der Waals surface area (Å²) in [6.07, 6.45) is 5.80. The number of nitrogens with zero attached hydrogens (tertiary/aromatic N) is 3. The second kappa shape index (κ2) is 11.6. The summed E-state index contributed by atoms with van der Waals surface area (Å²) in [5.74, 6) is 1.50. The maximum atomic E-state index is 5.03. The number of aliphatic imine (C=N–C) groups is 3. The molecule has 0 saturated carbocycles. The van der Waals surface area contributed by atoms with Gasteiger partial charge in [-0.15, -0.1) is 0 Å². The monoisotopic (exact) mass is 697 g/mol. The second-order valence-corrected chi connectivity index (χ2v) is 14.6. The van der Waals surface area contributed by atoms with E-state index in [-0.39, 0.29) is 6.04 Å². The summed E-state index contributed by atoms with van der Waals surface area (Å²) in [7, 11) is 0. The first-order valence-electron chi connectivity index (χ1n) is 18.9. The quantitative estimate of drug-likeness (QED) is 0.130. The highest BCUT2D eigenvalue weighted by Gasteiger charge is 2.26. The van der Waals surface area contributed by atoms with Gasteiger partial charge in [-0.1, -0.05) is 158 Å². The Kier molecular flexibility index (Phi) is 6.40. The first-order valence-corrected chi connectivity index (χ1v) is 18.9. The molecule has 0 radical (unpaired) electrons. The van der Waals surface area contributed by atoms with Gasteiger partial charge in [-0.2, -0.15) is 0 Å². The van der Waals surface area contributed by atoms with Gasteiger partial charge in [0.15, 0.2) is 11.7 Å². The van der Waals surface area contributed by atoms with E-state index >= 15 is 0 Å². The number of benzene rings is 9. The van der Waals surface area contributed by atoms with Gasteiger partial charge in [0, 0.05) is 11.8 Å². The molecule has 3 nitrogen and oxygen atoms in total. The van der Waals surface area contributed by atoms with Crippen LogP contribution in [0.5, 0.6) is 0 Å². The Hall–Kier alpha value is -7.23. The van der Waals surface area contributed by atoms with Crippen molar-refractivity contribution in [1.29, 1.82) is 0 Å². The summed E-state index contributed by atoms with van der Waals surface area (Å²) in [6.45, 7) is 0. The van der Waals surface area contributed by atoms with Crippen LogP contribution in [-0.4, -0.2) is 23.9 Å². The lowest BCUT2D eigenvalue weighted by molar-refractivity contribution is 1.09. The molecule has 12 rings (SSSR count). The van der Waals surface area contributed by atoms with E-state index < -0.39 is 0 Å². The molecule has 0 spiro atoms. The van der Waals surface area contributed by atoms with Gasteiger partial charge in [-0.05, 0) is 116 Å². The van der Waals surface area contributed by atoms with E-state index in [1.54, 1.807) is 6.21 Å². The zero-order valence-corrected chi connectivity index (χ0v) is 29.7. The molecule has 0 aliphatic carbocycles. The van der Waals surface area contributed by atoms with E-state index in [1.165, 1.54) is 86.9 Å². The molecule has 0 saturated heterocycles. The summed E-state index contributed by atoms with van der Waals surface area (Å²) in [5.41, 5.74) is 5.85. The first kappa shape index (κ1) is 30.3. The zero-order valence-electron chi connectivity index (χ0n) is 29.7. The number of dihydropyridines is 1. The Morgan fingerprint density at radius 1 is 0.382 bits per heavy atom. The van der Waals surface area contributed by atoms with Gasteiger partial charge in [-0.25, -0.2) is 9.98 Å². The fraction of sp³-hybridized carbons (Fsp3) is 0.0192. The van der Waals surface area contributed by atoms with Crippen LogP contribution in [0.2, 0.25) is 0 Å². The van der Waals surface area contributed by atoms with Crippen molar-refractivity contribution in [1.82, 2.24) is 0 Å². The van der Waals surface area contributed by atoms with Crippen molar-refractivity contribution in [3.63, 3.8) is 0 Å². The number of hydrogen-bond acceptors (Lipinski definition) is 3. The highest BCUT2D eigenvalue weighted by molar-refractivity contribution is 6.33. The Morgan fingerprint density at radius 2 is 0.909 bits per heavy atom. The maximum Gasteiger partial charge on any atom is 0.159 e. The Labute approximate surface area is 316 Å². The molecule has 1 atom stereocenters. The van der Waals surface area contributed by atoms with Crippen LogP contribution in [0.3, 0.4) is 0 Å². The van der Waals surface area contributed by atoms with Gasteiger partial charge in [0.25, 0.3) is 0 Å². The number of amidine groups is 2. The third-order valence-electron chi connectivity index (χ3n) is 11.7. The van der Waals surface area contributed by atoms with Gasteiger partial charge in [0.1, 0.15) is 6.04 Å². The summed E-state index contributed by atoms with van der Waals surface area (Å²) in [5, 5.41) is 17.4. The minimum Gasteiger partial charge on any atom is -0.250 e. The Balaban J connectivity index is 1.08. The summed E-state index contributed by atoms with van der Waals surface area (Å²) < 4.78 is 0. The minimum absolute atomic E-state index is 0.131. The lowest BCUT2D eigenvalue weighted by atomic mass is 9.87. The van der Waals surface area contributed by atoms with Crippen LogP contribution < -0.4 is 0 Å². The molecule has 10 aromatic rings. The summed E-state index contributed by atoms with van der Waals surface area (Å²) in [6, 6.07) is 60.3. The zero-order chi connectivity index (χ0) is 36.0. The molecule has 2 heterocycles. The van der Waals surface area contributed by atoms with Crippen LogP contribution in [0.25, 0.3) is 97.7 Å². The number of rotatable bonds is 3. The second-order valence-electron chi connectivity index (χ2n) is 14.6. The average molecular weight is 698 g/mol. The Morgan fingerprint density at radius 3 is 1.56 bits per heavy atom. The van der Waals surface area contributed by atoms with Crippen molar-refractivity contribution < 1.29 is 0 Å². The fourth-order valence-electron chi connectivity index (χ4n) is 9.28. The highest BCUT2D eigenvalue weighted by Crippen LogP contribution is 2.44. The molecule has 0 aromatic heterocycles. The summed E-state index contributed by atoms with van der Waals surface area (Å²) >= 11 is 0. The van der Waals surface area contributed by atoms with E-state index in [4.69, 9.17) is 9.98 Å². The SMILES string of the molecule is C1=CC2N=C(c3c4ccccc4c(-c4ccc(-c5cc6ccc7cccc8c9ccccc9c9ccccc9c(c5)c6c78)cc4)c4ccccc34)N=C2N=C1. The molecule has 254 valence electrons. The smallest absolute Gasteiger partial charge is 0.159 e. The number of hydrogen-bond donors (Lipinski definition) is 0. The molecule has 0 amide bonds. The van der Waals surface area contributed by atoms with Crippen molar-refractivity contribution in [2.75, 3.05) is 0 Å². The van der Waals surface area contributed by atoms with Crippen LogP contribution in [0.1, 0.15) is 5.56 Å². The van der Waals surface area contributed by atoms with Gasteiger partial charge in [0.05, 0.1) is 0 Å². The van der Waals surface area contributed by atoms with Crippen molar-refractivity contribution in [3.8, 4) is 22.3 Å². The molecule has 55 heavy (non-hydrogen) atoms. The van der Waals surface area contributed by atoms with Crippen LogP contribution in [0.15, 0.2) is 191 Å². The van der Waals surface area contributed by atoms with Crippen molar-refractivity contribution in [2.24, 2.45) is 15.0 Å². The van der Waals surface area contributed by atoms with Gasteiger partial charge >= 0.3 is 0 Å².